The molecule has 7 heteroatoms. The summed E-state index contributed by atoms with van der Waals surface area (Å²) in [6.45, 7) is 2.05. The third-order valence-corrected chi connectivity index (χ3v) is 5.14. The van der Waals surface area contributed by atoms with Gasteiger partial charge >= 0.3 is 0 Å². The van der Waals surface area contributed by atoms with Crippen molar-refractivity contribution in [3.63, 3.8) is 0 Å². The molecule has 26 heavy (non-hydrogen) atoms. The first-order valence-electron chi connectivity index (χ1n) is 9.03. The number of imidazole rings is 2. The van der Waals surface area contributed by atoms with E-state index in [1.807, 2.05) is 47.2 Å². The molecule has 7 nitrogen and oxygen atoms in total. The average Bonchev–Trinajstić information content (AvgIpc) is 3.34. The average molecular weight is 352 g/mol. The van der Waals surface area contributed by atoms with E-state index in [9.17, 15) is 4.79 Å². The second-order valence-corrected chi connectivity index (χ2v) is 7.06. The minimum absolute atomic E-state index is 0.0496. The Balaban J connectivity index is 1.32. The van der Waals surface area contributed by atoms with E-state index in [-0.39, 0.29) is 17.9 Å². The van der Waals surface area contributed by atoms with E-state index in [1.54, 1.807) is 6.33 Å². The van der Waals surface area contributed by atoms with Crippen LogP contribution in [0.15, 0.2) is 43.1 Å². The Morgan fingerprint density at radius 2 is 2.08 bits per heavy atom. The molecule has 3 aromatic rings. The summed E-state index contributed by atoms with van der Waals surface area (Å²) >= 11 is 0. The molecule has 2 aromatic heterocycles. The number of hydrogen-bond donors (Lipinski definition) is 1. The molecule has 1 amide bonds. The number of aromatic nitrogens is 4. The van der Waals surface area contributed by atoms with Crippen molar-refractivity contribution in [3.05, 3.63) is 48.8 Å². The first-order chi connectivity index (χ1) is 12.6. The number of carbonyl (C=O) groups excluding carboxylic acids is 1. The van der Waals surface area contributed by atoms with Crippen LogP contribution < -0.4 is 5.73 Å². The molecule has 2 atom stereocenters. The molecule has 0 bridgehead atoms. The van der Waals surface area contributed by atoms with E-state index in [0.29, 0.717) is 19.5 Å². The maximum absolute atomic E-state index is 12.6. The minimum Gasteiger partial charge on any atom is -0.340 e. The third-order valence-electron chi connectivity index (χ3n) is 5.14. The highest BCUT2D eigenvalue weighted by atomic mass is 16.2. The van der Waals surface area contributed by atoms with E-state index in [0.717, 1.165) is 29.7 Å². The van der Waals surface area contributed by atoms with Crippen molar-refractivity contribution < 1.29 is 4.79 Å². The van der Waals surface area contributed by atoms with Crippen molar-refractivity contribution in [1.82, 2.24) is 24.0 Å². The topological polar surface area (TPSA) is 82.0 Å². The monoisotopic (exact) mass is 352 g/mol. The number of nitrogens with two attached hydrogens (primary N) is 1. The van der Waals surface area contributed by atoms with E-state index in [2.05, 4.69) is 20.6 Å². The van der Waals surface area contributed by atoms with Gasteiger partial charge in [-0.3, -0.25) is 4.79 Å². The quantitative estimate of drug-likeness (QED) is 0.754. The Hall–Kier alpha value is -2.67. The maximum atomic E-state index is 12.6. The SMILES string of the molecule is Cn1cnc([C@@H]2CN(C(=O)CCCn3cnc4ccccc43)C[C@H]2N)c1. The van der Waals surface area contributed by atoms with Crippen molar-refractivity contribution in [2.24, 2.45) is 12.8 Å². The van der Waals surface area contributed by atoms with Gasteiger partial charge in [0.25, 0.3) is 0 Å². The summed E-state index contributed by atoms with van der Waals surface area (Å²) in [6.07, 6.45) is 6.93. The van der Waals surface area contributed by atoms with Crippen molar-refractivity contribution in [3.8, 4) is 0 Å². The zero-order valence-corrected chi connectivity index (χ0v) is 15.0. The number of carbonyl (C=O) groups is 1. The summed E-state index contributed by atoms with van der Waals surface area (Å²) in [5.41, 5.74) is 9.33. The van der Waals surface area contributed by atoms with E-state index in [1.165, 1.54) is 0 Å². The molecule has 1 fully saturated rings. The number of hydrogen-bond acceptors (Lipinski definition) is 4. The largest absolute Gasteiger partial charge is 0.340 e. The highest BCUT2D eigenvalue weighted by Gasteiger charge is 2.34. The van der Waals surface area contributed by atoms with Crippen molar-refractivity contribution >= 4 is 16.9 Å². The van der Waals surface area contributed by atoms with Crippen LogP contribution in [-0.2, 0) is 18.4 Å². The van der Waals surface area contributed by atoms with Gasteiger partial charge in [0, 0.05) is 51.3 Å². The Labute approximate surface area is 152 Å². The summed E-state index contributed by atoms with van der Waals surface area (Å²) in [5.74, 6) is 0.293. The summed E-state index contributed by atoms with van der Waals surface area (Å²) in [6, 6.07) is 8.00. The van der Waals surface area contributed by atoms with Gasteiger partial charge in [-0.05, 0) is 18.6 Å². The van der Waals surface area contributed by atoms with Gasteiger partial charge in [0.15, 0.2) is 0 Å². The summed E-state index contributed by atoms with van der Waals surface area (Å²) in [4.78, 5) is 23.3. The number of para-hydroxylation sites is 2. The van der Waals surface area contributed by atoms with Crippen LogP contribution in [0.5, 0.6) is 0 Å². The van der Waals surface area contributed by atoms with Gasteiger partial charge in [0.1, 0.15) is 0 Å². The van der Waals surface area contributed by atoms with E-state index >= 15 is 0 Å². The molecular weight excluding hydrogens is 328 g/mol. The number of amides is 1. The standard InChI is InChI=1S/C19H24N6O/c1-23-11-17(21-12-23)14-9-25(10-15(14)20)19(26)7-4-8-24-13-22-16-5-2-3-6-18(16)24/h2-3,5-6,11-15H,4,7-10,20H2,1H3/t14-,15-/m1/s1. The molecule has 1 aromatic carbocycles. The van der Waals surface area contributed by atoms with Crippen molar-refractivity contribution in [2.75, 3.05) is 13.1 Å². The minimum atomic E-state index is -0.0496. The molecule has 0 aliphatic carbocycles. The normalized spacial score (nSPS) is 20.2. The molecule has 3 heterocycles. The van der Waals surface area contributed by atoms with Crippen molar-refractivity contribution in [1.29, 1.82) is 0 Å². The predicted molar refractivity (Wildman–Crippen MR) is 99.5 cm³/mol. The fraction of sp³-hybridized carbons (Fsp3) is 0.421. The van der Waals surface area contributed by atoms with Crippen LogP contribution in [0.1, 0.15) is 24.5 Å². The smallest absolute Gasteiger partial charge is 0.222 e. The first kappa shape index (κ1) is 16.8. The lowest BCUT2D eigenvalue weighted by Crippen LogP contribution is -2.32. The molecule has 2 N–H and O–H groups in total. The number of rotatable bonds is 5. The molecule has 0 saturated carbocycles. The number of benzene rings is 1. The van der Waals surface area contributed by atoms with E-state index < -0.39 is 0 Å². The van der Waals surface area contributed by atoms with Crippen LogP contribution in [0.4, 0.5) is 0 Å². The molecular formula is C19H24N6O. The van der Waals surface area contributed by atoms with Gasteiger partial charge in [0.2, 0.25) is 5.91 Å². The first-order valence-corrected chi connectivity index (χ1v) is 9.03. The number of fused-ring (bicyclic) bond motifs is 1. The van der Waals surface area contributed by atoms with Gasteiger partial charge in [-0.25, -0.2) is 9.97 Å². The third kappa shape index (κ3) is 3.22. The highest BCUT2D eigenvalue weighted by molar-refractivity contribution is 5.77. The zero-order chi connectivity index (χ0) is 18.1. The second-order valence-electron chi connectivity index (χ2n) is 7.06. The lowest BCUT2D eigenvalue weighted by Gasteiger charge is -2.16. The van der Waals surface area contributed by atoms with Crippen LogP contribution in [0.2, 0.25) is 0 Å². The number of likely N-dealkylation sites (tertiary alicyclic amines) is 1. The molecule has 0 spiro atoms. The molecule has 0 unspecified atom stereocenters. The predicted octanol–water partition coefficient (Wildman–Crippen LogP) is 1.50. The Bertz CT molecular complexity index is 914. The number of nitrogens with zero attached hydrogens (tertiary/aromatic N) is 5. The lowest BCUT2D eigenvalue weighted by molar-refractivity contribution is -0.130. The second kappa shape index (κ2) is 6.92. The van der Waals surface area contributed by atoms with Gasteiger partial charge < -0.3 is 19.8 Å². The lowest BCUT2D eigenvalue weighted by atomic mass is 10.0. The molecule has 136 valence electrons. The highest BCUT2D eigenvalue weighted by Crippen LogP contribution is 2.25. The van der Waals surface area contributed by atoms with Gasteiger partial charge in [0.05, 0.1) is 29.4 Å². The summed E-state index contributed by atoms with van der Waals surface area (Å²) in [5, 5.41) is 0. The zero-order valence-electron chi connectivity index (χ0n) is 15.0. The molecule has 1 saturated heterocycles. The summed E-state index contributed by atoms with van der Waals surface area (Å²) in [7, 11) is 1.94. The number of aryl methyl sites for hydroxylation is 2. The van der Waals surface area contributed by atoms with E-state index in [4.69, 9.17) is 5.73 Å². The molecule has 4 rings (SSSR count). The molecule has 1 aliphatic rings. The van der Waals surface area contributed by atoms with Crippen LogP contribution >= 0.6 is 0 Å². The van der Waals surface area contributed by atoms with Gasteiger partial charge in [-0.1, -0.05) is 12.1 Å². The Morgan fingerprint density at radius 3 is 2.88 bits per heavy atom. The molecule has 1 aliphatic heterocycles. The van der Waals surface area contributed by atoms with Crippen LogP contribution in [0.3, 0.4) is 0 Å². The van der Waals surface area contributed by atoms with Crippen LogP contribution in [-0.4, -0.2) is 49.0 Å². The summed E-state index contributed by atoms with van der Waals surface area (Å²) < 4.78 is 4.02. The van der Waals surface area contributed by atoms with Gasteiger partial charge in [-0.2, -0.15) is 0 Å². The van der Waals surface area contributed by atoms with Gasteiger partial charge in [-0.15, -0.1) is 0 Å². The van der Waals surface area contributed by atoms with Crippen LogP contribution in [0, 0.1) is 0 Å². The fourth-order valence-corrected chi connectivity index (χ4v) is 3.72. The Kier molecular flexibility index (Phi) is 4.46. The molecule has 0 radical (unpaired) electrons. The Morgan fingerprint density at radius 1 is 1.23 bits per heavy atom. The fourth-order valence-electron chi connectivity index (χ4n) is 3.72. The maximum Gasteiger partial charge on any atom is 0.222 e. The van der Waals surface area contributed by atoms with Crippen LogP contribution in [0.25, 0.3) is 11.0 Å². The van der Waals surface area contributed by atoms with Crippen molar-refractivity contribution in [2.45, 2.75) is 31.3 Å².